The third-order valence-electron chi connectivity index (χ3n) is 3.97. The predicted octanol–water partition coefficient (Wildman–Crippen LogP) is 1.85. The number of carbonyl (C=O) groups is 2. The number of esters is 1. The Labute approximate surface area is 150 Å². The summed E-state index contributed by atoms with van der Waals surface area (Å²) in [7, 11) is -2.44. The van der Waals surface area contributed by atoms with E-state index in [0.717, 1.165) is 6.42 Å². The molecule has 0 aromatic heterocycles. The van der Waals surface area contributed by atoms with E-state index in [-0.39, 0.29) is 0 Å². The second-order valence-electron chi connectivity index (χ2n) is 7.17. The van der Waals surface area contributed by atoms with Crippen LogP contribution in [0.3, 0.4) is 0 Å². The van der Waals surface area contributed by atoms with Gasteiger partial charge in [-0.15, -0.1) is 0 Å². The Bertz CT molecular complexity index is 570. The fraction of sp³-hybridized carbons (Fsp3) is 0.875. The van der Waals surface area contributed by atoms with Gasteiger partial charge in [-0.25, -0.2) is 13.2 Å². The molecule has 0 saturated carbocycles. The Morgan fingerprint density at radius 3 is 2.48 bits per heavy atom. The molecule has 0 aromatic rings. The van der Waals surface area contributed by atoms with Gasteiger partial charge in [-0.3, -0.25) is 4.79 Å². The van der Waals surface area contributed by atoms with Crippen LogP contribution in [-0.2, 0) is 24.3 Å². The van der Waals surface area contributed by atoms with Crippen LogP contribution in [0, 0.1) is 5.92 Å². The van der Waals surface area contributed by atoms with Crippen molar-refractivity contribution in [2.24, 2.45) is 5.92 Å². The highest BCUT2D eigenvalue weighted by Gasteiger charge is 2.41. The highest BCUT2D eigenvalue weighted by atomic mass is 32.2. The highest BCUT2D eigenvalue weighted by molar-refractivity contribution is 7.89. The molecule has 1 fully saturated rings. The lowest BCUT2D eigenvalue weighted by atomic mass is 9.94. The fourth-order valence-electron chi connectivity index (χ4n) is 2.99. The Kier molecular flexibility index (Phi) is 7.67. The molecule has 0 aromatic carbocycles. The minimum Gasteiger partial charge on any atom is -0.469 e. The van der Waals surface area contributed by atoms with Gasteiger partial charge in [-0.2, -0.15) is 4.31 Å². The minimum atomic E-state index is -3.75. The number of alkyl carbamates (subject to hydrolysis) is 1. The minimum absolute atomic E-state index is 0.334. The largest absolute Gasteiger partial charge is 0.469 e. The number of nitrogens with one attached hydrogen (secondary N) is 1. The van der Waals surface area contributed by atoms with Crippen LogP contribution >= 0.6 is 0 Å². The monoisotopic (exact) mass is 378 g/mol. The van der Waals surface area contributed by atoms with Gasteiger partial charge >= 0.3 is 12.1 Å². The predicted molar refractivity (Wildman–Crippen MR) is 93.3 cm³/mol. The van der Waals surface area contributed by atoms with E-state index in [1.807, 2.05) is 6.92 Å². The summed E-state index contributed by atoms with van der Waals surface area (Å²) in [6, 6.07) is -0.433. The molecule has 8 nitrogen and oxygen atoms in total. The number of methoxy groups -OCH3 is 1. The van der Waals surface area contributed by atoms with Gasteiger partial charge in [0.2, 0.25) is 10.0 Å². The lowest BCUT2D eigenvalue weighted by Crippen LogP contribution is -2.47. The molecule has 9 heteroatoms. The van der Waals surface area contributed by atoms with Crippen molar-refractivity contribution in [3.8, 4) is 0 Å². The molecule has 1 aliphatic rings. The summed E-state index contributed by atoms with van der Waals surface area (Å²) in [4.78, 5) is 23.8. The molecule has 0 spiro atoms. The first-order valence-electron chi connectivity index (χ1n) is 8.56. The maximum atomic E-state index is 12.6. The van der Waals surface area contributed by atoms with Gasteiger partial charge in [0.05, 0.1) is 13.0 Å². The van der Waals surface area contributed by atoms with E-state index < -0.39 is 45.5 Å². The van der Waals surface area contributed by atoms with Crippen LogP contribution in [0.1, 0.15) is 53.4 Å². The molecular formula is C16H30N2O6S. The number of nitrogens with zero attached hydrogens (tertiary/aromatic N) is 1. The Hall–Kier alpha value is -1.35. The number of sulfonamides is 1. The first-order valence-corrected chi connectivity index (χ1v) is 10.2. The van der Waals surface area contributed by atoms with Crippen molar-refractivity contribution in [3.63, 3.8) is 0 Å². The van der Waals surface area contributed by atoms with Crippen molar-refractivity contribution in [3.05, 3.63) is 0 Å². The molecule has 1 heterocycles. The normalized spacial score (nSPS) is 20.1. The quantitative estimate of drug-likeness (QED) is 0.678. The first kappa shape index (κ1) is 21.7. The van der Waals surface area contributed by atoms with Gasteiger partial charge in [0.1, 0.15) is 11.5 Å². The molecule has 0 aliphatic carbocycles. The third kappa shape index (κ3) is 6.47. The molecule has 1 aliphatic heterocycles. The zero-order valence-corrected chi connectivity index (χ0v) is 16.5. The summed E-state index contributed by atoms with van der Waals surface area (Å²) in [5, 5.41) is 2.28. The SMILES string of the molecule is CCCC(C(=O)OC)C1CCCN1S(=O)(=O)CNC(=O)OC(C)(C)C. The number of hydrogen-bond acceptors (Lipinski definition) is 6. The maximum absolute atomic E-state index is 12.6. The highest BCUT2D eigenvalue weighted by Crippen LogP contribution is 2.30. The van der Waals surface area contributed by atoms with E-state index in [0.29, 0.717) is 25.8 Å². The molecule has 146 valence electrons. The zero-order valence-electron chi connectivity index (χ0n) is 15.7. The second kappa shape index (κ2) is 8.84. The van der Waals surface area contributed by atoms with E-state index in [4.69, 9.17) is 9.47 Å². The van der Waals surface area contributed by atoms with Gasteiger partial charge < -0.3 is 14.8 Å². The summed E-state index contributed by atoms with van der Waals surface area (Å²) in [5.41, 5.74) is -0.707. The van der Waals surface area contributed by atoms with Crippen molar-refractivity contribution < 1.29 is 27.5 Å². The Balaban J connectivity index is 2.81. The number of rotatable bonds is 7. The molecule has 2 unspecified atom stereocenters. The van der Waals surface area contributed by atoms with Crippen molar-refractivity contribution in [1.82, 2.24) is 9.62 Å². The van der Waals surface area contributed by atoms with E-state index in [9.17, 15) is 18.0 Å². The van der Waals surface area contributed by atoms with Crippen LogP contribution in [0.5, 0.6) is 0 Å². The summed E-state index contributed by atoms with van der Waals surface area (Å²) < 4.78 is 36.5. The standard InChI is InChI=1S/C16H30N2O6S/c1-6-8-12(14(19)23-5)13-9-7-10-18(13)25(21,22)11-17-15(20)24-16(2,3)4/h12-13H,6-11H2,1-5H3,(H,17,20). The summed E-state index contributed by atoms with van der Waals surface area (Å²) in [5.74, 6) is -1.44. The average Bonchev–Trinajstić information content (AvgIpc) is 2.98. The molecule has 1 rings (SSSR count). The maximum Gasteiger partial charge on any atom is 0.408 e. The van der Waals surface area contributed by atoms with Crippen LogP contribution < -0.4 is 5.32 Å². The van der Waals surface area contributed by atoms with Gasteiger partial charge in [0.15, 0.2) is 0 Å². The first-order chi connectivity index (χ1) is 11.5. The van der Waals surface area contributed by atoms with E-state index in [2.05, 4.69) is 5.32 Å². The molecule has 25 heavy (non-hydrogen) atoms. The summed E-state index contributed by atoms with van der Waals surface area (Å²) in [6.45, 7) is 7.36. The van der Waals surface area contributed by atoms with Crippen LogP contribution in [0.15, 0.2) is 0 Å². The Morgan fingerprint density at radius 1 is 1.32 bits per heavy atom. The summed E-state index contributed by atoms with van der Waals surface area (Å²) in [6.07, 6.45) is 1.80. The molecule has 0 radical (unpaired) electrons. The number of amides is 1. The lowest BCUT2D eigenvalue weighted by molar-refractivity contribution is -0.147. The number of carbonyl (C=O) groups excluding carboxylic acids is 2. The Morgan fingerprint density at radius 2 is 1.96 bits per heavy atom. The topological polar surface area (TPSA) is 102 Å². The molecule has 1 N–H and O–H groups in total. The molecule has 1 saturated heterocycles. The molecular weight excluding hydrogens is 348 g/mol. The van der Waals surface area contributed by atoms with Crippen LogP contribution in [-0.4, -0.2) is 56.0 Å². The molecule has 0 bridgehead atoms. The molecule has 2 atom stereocenters. The third-order valence-corrected chi connectivity index (χ3v) is 5.65. The summed E-state index contributed by atoms with van der Waals surface area (Å²) >= 11 is 0. The van der Waals surface area contributed by atoms with E-state index >= 15 is 0 Å². The molecule has 1 amide bonds. The lowest BCUT2D eigenvalue weighted by Gasteiger charge is -2.29. The average molecular weight is 378 g/mol. The van der Waals surface area contributed by atoms with Crippen LogP contribution in [0.2, 0.25) is 0 Å². The van der Waals surface area contributed by atoms with Crippen molar-refractivity contribution in [2.75, 3.05) is 19.5 Å². The van der Waals surface area contributed by atoms with Crippen LogP contribution in [0.4, 0.5) is 4.79 Å². The van der Waals surface area contributed by atoms with E-state index in [1.165, 1.54) is 11.4 Å². The van der Waals surface area contributed by atoms with Gasteiger partial charge in [-0.05, 0) is 40.0 Å². The van der Waals surface area contributed by atoms with Crippen molar-refractivity contribution in [1.29, 1.82) is 0 Å². The van der Waals surface area contributed by atoms with Gasteiger partial charge in [-0.1, -0.05) is 13.3 Å². The van der Waals surface area contributed by atoms with Gasteiger partial charge in [0.25, 0.3) is 0 Å². The number of hydrogen-bond donors (Lipinski definition) is 1. The van der Waals surface area contributed by atoms with Gasteiger partial charge in [0, 0.05) is 12.6 Å². The second-order valence-corrected chi connectivity index (χ2v) is 9.10. The van der Waals surface area contributed by atoms with Crippen LogP contribution in [0.25, 0.3) is 0 Å². The van der Waals surface area contributed by atoms with Crippen molar-refractivity contribution >= 4 is 22.1 Å². The van der Waals surface area contributed by atoms with Crippen molar-refractivity contribution in [2.45, 2.75) is 65.0 Å². The fourth-order valence-corrected chi connectivity index (χ4v) is 4.53. The van der Waals surface area contributed by atoms with E-state index in [1.54, 1.807) is 20.8 Å². The smallest absolute Gasteiger partial charge is 0.408 e. The number of ether oxygens (including phenoxy) is 2. The zero-order chi connectivity index (χ0) is 19.3.